The second-order valence-corrected chi connectivity index (χ2v) is 6.61. The first-order valence-electron chi connectivity index (χ1n) is 8.12. The van der Waals surface area contributed by atoms with Crippen LogP contribution in [0.5, 0.6) is 5.75 Å². The summed E-state index contributed by atoms with van der Waals surface area (Å²) in [6.07, 6.45) is 0.640. The van der Waals surface area contributed by atoms with E-state index in [-0.39, 0.29) is 24.4 Å². The Morgan fingerprint density at radius 3 is 2.88 bits per heavy atom. The number of methoxy groups -OCH3 is 1. The van der Waals surface area contributed by atoms with E-state index in [1.165, 1.54) is 0 Å². The van der Waals surface area contributed by atoms with Crippen molar-refractivity contribution in [2.75, 3.05) is 25.1 Å². The Labute approximate surface area is 150 Å². The molecule has 2 amide bonds. The molecule has 2 heterocycles. The topological polar surface area (TPSA) is 75.6 Å². The molecule has 1 aromatic heterocycles. The fraction of sp³-hybridized carbons (Fsp3) is 0.412. The Kier molecular flexibility index (Phi) is 4.98. The van der Waals surface area contributed by atoms with Crippen LogP contribution in [0.25, 0.3) is 0 Å². The van der Waals surface area contributed by atoms with E-state index in [9.17, 15) is 9.59 Å². The van der Waals surface area contributed by atoms with Crippen LogP contribution in [0.2, 0.25) is 0 Å². The Morgan fingerprint density at radius 1 is 1.40 bits per heavy atom. The zero-order valence-corrected chi connectivity index (χ0v) is 15.2. The Hall–Kier alpha value is -2.48. The number of anilines is 1. The van der Waals surface area contributed by atoms with Crippen molar-refractivity contribution in [1.82, 2.24) is 14.5 Å². The van der Waals surface area contributed by atoms with E-state index in [0.29, 0.717) is 29.3 Å². The van der Waals surface area contributed by atoms with E-state index < -0.39 is 0 Å². The molecule has 1 atom stereocenters. The predicted molar refractivity (Wildman–Crippen MR) is 95.1 cm³/mol. The Balaban J connectivity index is 1.83. The summed E-state index contributed by atoms with van der Waals surface area (Å²) < 4.78 is 9.23. The van der Waals surface area contributed by atoms with Gasteiger partial charge in [-0.05, 0) is 37.0 Å². The second kappa shape index (κ2) is 7.18. The molecule has 1 aromatic carbocycles. The smallest absolute Gasteiger partial charge is 0.268 e. The third kappa shape index (κ3) is 3.21. The number of aryl methyl sites for hydroxylation is 1. The van der Waals surface area contributed by atoms with Gasteiger partial charge in [0.2, 0.25) is 5.91 Å². The minimum Gasteiger partial charge on any atom is -0.495 e. The minimum absolute atomic E-state index is 0.0269. The van der Waals surface area contributed by atoms with Gasteiger partial charge in [-0.15, -0.1) is 5.10 Å². The van der Waals surface area contributed by atoms with Gasteiger partial charge in [0.05, 0.1) is 18.5 Å². The Morgan fingerprint density at radius 2 is 2.16 bits per heavy atom. The van der Waals surface area contributed by atoms with Crippen molar-refractivity contribution in [2.24, 2.45) is 0 Å². The first kappa shape index (κ1) is 17.3. The van der Waals surface area contributed by atoms with Gasteiger partial charge < -0.3 is 14.5 Å². The number of amides is 2. The molecular weight excluding hydrogens is 340 g/mol. The molecule has 0 N–H and O–H groups in total. The highest BCUT2D eigenvalue weighted by Crippen LogP contribution is 2.30. The van der Waals surface area contributed by atoms with Gasteiger partial charge in [-0.1, -0.05) is 23.5 Å². The van der Waals surface area contributed by atoms with Crippen LogP contribution in [0.3, 0.4) is 0 Å². The number of rotatable bonds is 4. The molecule has 0 bridgehead atoms. The third-order valence-electron chi connectivity index (χ3n) is 4.31. The second-order valence-electron chi connectivity index (χ2n) is 5.86. The molecule has 2 aromatic rings. The molecule has 1 saturated heterocycles. The van der Waals surface area contributed by atoms with Crippen molar-refractivity contribution >= 4 is 29.0 Å². The van der Waals surface area contributed by atoms with Gasteiger partial charge in [0, 0.05) is 12.6 Å². The highest BCUT2D eigenvalue weighted by molar-refractivity contribution is 7.08. The summed E-state index contributed by atoms with van der Waals surface area (Å²) in [6.45, 7) is 4.31. The molecule has 8 heteroatoms. The van der Waals surface area contributed by atoms with Crippen LogP contribution in [0, 0.1) is 0 Å². The molecule has 0 spiro atoms. The summed E-state index contributed by atoms with van der Waals surface area (Å²) in [6, 6.07) is 7.27. The highest BCUT2D eigenvalue weighted by atomic mass is 32.1. The van der Waals surface area contributed by atoms with Crippen LogP contribution in [0.4, 0.5) is 5.69 Å². The van der Waals surface area contributed by atoms with E-state index in [1.54, 1.807) is 16.9 Å². The van der Waals surface area contributed by atoms with Crippen molar-refractivity contribution in [3.63, 3.8) is 0 Å². The van der Waals surface area contributed by atoms with Gasteiger partial charge in [0.25, 0.3) is 5.91 Å². The lowest BCUT2D eigenvalue weighted by Gasteiger charge is -2.39. The summed E-state index contributed by atoms with van der Waals surface area (Å²) in [5.74, 6) is 0.335. The Bertz CT molecular complexity index is 792. The van der Waals surface area contributed by atoms with Gasteiger partial charge in [0.15, 0.2) is 0 Å². The van der Waals surface area contributed by atoms with Crippen molar-refractivity contribution in [3.8, 4) is 5.75 Å². The molecule has 132 valence electrons. The van der Waals surface area contributed by atoms with Gasteiger partial charge >= 0.3 is 0 Å². The highest BCUT2D eigenvalue weighted by Gasteiger charge is 2.36. The number of carbonyl (C=O) groups is 2. The average Bonchev–Trinajstić information content (AvgIpc) is 3.11. The molecule has 25 heavy (non-hydrogen) atoms. The van der Waals surface area contributed by atoms with E-state index >= 15 is 0 Å². The molecule has 0 saturated carbocycles. The number of ether oxygens (including phenoxy) is 1. The van der Waals surface area contributed by atoms with Gasteiger partial charge in [-0.3, -0.25) is 9.59 Å². The van der Waals surface area contributed by atoms with Crippen LogP contribution < -0.4 is 9.64 Å². The van der Waals surface area contributed by atoms with Crippen LogP contribution in [0.15, 0.2) is 24.3 Å². The lowest BCUT2D eigenvalue weighted by atomic mass is 10.1. The van der Waals surface area contributed by atoms with E-state index in [0.717, 1.165) is 17.2 Å². The maximum Gasteiger partial charge on any atom is 0.268 e. The molecule has 0 radical (unpaired) electrons. The standard InChI is InChI=1S/C17H20N4O3S/c1-4-12-16(25-19-18-12)17(23)20-10-15(22)21(9-11(20)2)13-7-5-6-8-14(13)24-3/h5-8,11H,4,9-10H2,1-3H3/t11-/m0/s1. The number of hydrogen-bond donors (Lipinski definition) is 0. The third-order valence-corrected chi connectivity index (χ3v) is 5.06. The zero-order valence-electron chi connectivity index (χ0n) is 14.4. The van der Waals surface area contributed by atoms with Crippen molar-refractivity contribution in [2.45, 2.75) is 26.3 Å². The molecule has 1 aliphatic heterocycles. The number of nitrogens with zero attached hydrogens (tertiary/aromatic N) is 4. The predicted octanol–water partition coefficient (Wildman–Crippen LogP) is 1.99. The van der Waals surface area contributed by atoms with Crippen molar-refractivity contribution < 1.29 is 14.3 Å². The van der Waals surface area contributed by atoms with Crippen LogP contribution in [-0.2, 0) is 11.2 Å². The summed E-state index contributed by atoms with van der Waals surface area (Å²) in [5, 5.41) is 3.99. The maximum absolute atomic E-state index is 12.8. The summed E-state index contributed by atoms with van der Waals surface area (Å²) in [5.41, 5.74) is 1.41. The van der Waals surface area contributed by atoms with Crippen LogP contribution in [-0.4, -0.2) is 52.5 Å². The lowest BCUT2D eigenvalue weighted by molar-refractivity contribution is -0.121. The SMILES string of the molecule is CCc1nnsc1C(=O)N1CC(=O)N(c2ccccc2OC)C[C@@H]1C. The van der Waals surface area contributed by atoms with Gasteiger partial charge in [-0.2, -0.15) is 0 Å². The molecular formula is C17H20N4O3S. The minimum atomic E-state index is -0.174. The zero-order chi connectivity index (χ0) is 18.0. The number of benzene rings is 1. The largest absolute Gasteiger partial charge is 0.495 e. The normalized spacial score (nSPS) is 17.7. The molecule has 0 unspecified atom stereocenters. The van der Waals surface area contributed by atoms with Crippen LogP contribution in [0.1, 0.15) is 29.2 Å². The summed E-state index contributed by atoms with van der Waals surface area (Å²) >= 11 is 1.09. The quantitative estimate of drug-likeness (QED) is 0.833. The van der Waals surface area contributed by atoms with Crippen molar-refractivity contribution in [1.29, 1.82) is 0 Å². The van der Waals surface area contributed by atoms with E-state index in [4.69, 9.17) is 4.74 Å². The lowest BCUT2D eigenvalue weighted by Crippen LogP contribution is -2.57. The number of carbonyl (C=O) groups excluding carboxylic acids is 2. The number of aromatic nitrogens is 2. The van der Waals surface area contributed by atoms with Crippen molar-refractivity contribution in [3.05, 3.63) is 34.8 Å². The first-order valence-corrected chi connectivity index (χ1v) is 8.89. The fourth-order valence-electron chi connectivity index (χ4n) is 2.94. The monoisotopic (exact) mass is 360 g/mol. The fourth-order valence-corrected chi connectivity index (χ4v) is 3.65. The van der Waals surface area contributed by atoms with E-state index in [2.05, 4.69) is 9.59 Å². The maximum atomic E-state index is 12.8. The number of hydrogen-bond acceptors (Lipinski definition) is 6. The molecule has 0 aliphatic carbocycles. The summed E-state index contributed by atoms with van der Waals surface area (Å²) in [7, 11) is 1.58. The van der Waals surface area contributed by atoms with Gasteiger partial charge in [-0.25, -0.2) is 0 Å². The molecule has 7 nitrogen and oxygen atoms in total. The first-order chi connectivity index (χ1) is 12.1. The molecule has 3 rings (SSSR count). The summed E-state index contributed by atoms with van der Waals surface area (Å²) in [4.78, 5) is 29.3. The van der Waals surface area contributed by atoms with E-state index in [1.807, 2.05) is 38.1 Å². The van der Waals surface area contributed by atoms with Crippen LogP contribution >= 0.6 is 11.5 Å². The average molecular weight is 360 g/mol. The molecule has 1 aliphatic rings. The number of para-hydroxylation sites is 2. The van der Waals surface area contributed by atoms with Gasteiger partial charge in [0.1, 0.15) is 17.2 Å². The number of piperazine rings is 1. The molecule has 1 fully saturated rings.